The summed E-state index contributed by atoms with van der Waals surface area (Å²) in [6, 6.07) is 11.1. The molecule has 32 heavy (non-hydrogen) atoms. The van der Waals surface area contributed by atoms with Crippen molar-refractivity contribution in [1.82, 2.24) is 14.9 Å². The van der Waals surface area contributed by atoms with Crippen LogP contribution in [0.4, 0.5) is 0 Å². The lowest BCUT2D eigenvalue weighted by molar-refractivity contribution is 0.291. The molecule has 0 amide bonds. The van der Waals surface area contributed by atoms with E-state index in [9.17, 15) is 4.79 Å². The first kappa shape index (κ1) is 22.2. The Morgan fingerprint density at radius 3 is 2.56 bits per heavy atom. The lowest BCUT2D eigenvalue weighted by Crippen LogP contribution is -2.16. The van der Waals surface area contributed by atoms with Gasteiger partial charge in [0.25, 0.3) is 0 Å². The average Bonchev–Trinajstić information content (AvgIpc) is 3.09. The summed E-state index contributed by atoms with van der Waals surface area (Å²) in [5, 5.41) is 10.3. The minimum Gasteiger partial charge on any atom is -0.486 e. The van der Waals surface area contributed by atoms with E-state index in [1.165, 1.54) is 22.5 Å². The van der Waals surface area contributed by atoms with E-state index in [0.29, 0.717) is 27.3 Å². The van der Waals surface area contributed by atoms with Gasteiger partial charge in [-0.1, -0.05) is 36.4 Å². The minimum atomic E-state index is -0.408. The summed E-state index contributed by atoms with van der Waals surface area (Å²) in [6.07, 6.45) is 0.751. The van der Waals surface area contributed by atoms with Gasteiger partial charge in [-0.15, -0.1) is 10.2 Å². The molecule has 7 nitrogen and oxygen atoms in total. The molecule has 4 rings (SSSR count). The van der Waals surface area contributed by atoms with Crippen LogP contribution in [-0.2, 0) is 18.8 Å². The number of aryl methyl sites for hydroxylation is 3. The number of ether oxygens (including phenoxy) is 1. The van der Waals surface area contributed by atoms with E-state index in [1.54, 1.807) is 0 Å². The molecular weight excluding hydrogens is 448 g/mol. The number of hydrogen-bond donors (Lipinski definition) is 1. The molecule has 9 heteroatoms. The molecule has 2 N–H and O–H groups in total. The van der Waals surface area contributed by atoms with Gasteiger partial charge < -0.3 is 15.0 Å². The highest BCUT2D eigenvalue weighted by atomic mass is 35.5. The van der Waals surface area contributed by atoms with E-state index in [2.05, 4.69) is 16.3 Å². The summed E-state index contributed by atoms with van der Waals surface area (Å²) in [6.45, 7) is 6.23. The van der Waals surface area contributed by atoms with Crippen LogP contribution >= 0.6 is 23.4 Å². The van der Waals surface area contributed by atoms with Crippen LogP contribution in [0.15, 0.2) is 50.8 Å². The zero-order valence-corrected chi connectivity index (χ0v) is 19.6. The molecule has 2 aromatic heterocycles. The molecule has 166 valence electrons. The third-order valence-electron chi connectivity index (χ3n) is 5.03. The van der Waals surface area contributed by atoms with E-state index < -0.39 is 5.63 Å². The van der Waals surface area contributed by atoms with Crippen molar-refractivity contribution in [1.29, 1.82) is 0 Å². The van der Waals surface area contributed by atoms with Crippen molar-refractivity contribution >= 4 is 34.3 Å². The summed E-state index contributed by atoms with van der Waals surface area (Å²) >= 11 is 7.75. The van der Waals surface area contributed by atoms with Crippen molar-refractivity contribution in [2.24, 2.45) is 0 Å². The van der Waals surface area contributed by atoms with Crippen LogP contribution in [0.25, 0.3) is 11.0 Å². The number of aromatic nitrogens is 3. The van der Waals surface area contributed by atoms with Crippen molar-refractivity contribution in [3.05, 3.63) is 79.9 Å². The molecule has 0 unspecified atom stereocenters. The Morgan fingerprint density at radius 1 is 1.09 bits per heavy atom. The second-order valence-corrected chi connectivity index (χ2v) is 8.90. The number of rotatable bonds is 7. The molecule has 0 radical (unpaired) electrons. The third kappa shape index (κ3) is 4.76. The fourth-order valence-electron chi connectivity index (χ4n) is 3.49. The standard InChI is InChI=1S/C23H23ClN4O3S/c1-4-15-8-20-18(10-19(15)24)16(9-22(29)31-20)12-32-23-27-26-21(28(23)25)11-30-17-6-13(2)5-14(3)7-17/h5-10H,4,11-12,25H2,1-3H3. The zero-order chi connectivity index (χ0) is 22.8. The summed E-state index contributed by atoms with van der Waals surface area (Å²) < 4.78 is 12.6. The highest BCUT2D eigenvalue weighted by molar-refractivity contribution is 7.98. The molecule has 0 bridgehead atoms. The van der Waals surface area contributed by atoms with Gasteiger partial charge in [-0.25, -0.2) is 9.47 Å². The van der Waals surface area contributed by atoms with Gasteiger partial charge >= 0.3 is 5.63 Å². The normalized spacial score (nSPS) is 11.2. The minimum absolute atomic E-state index is 0.195. The van der Waals surface area contributed by atoms with E-state index in [1.807, 2.05) is 45.0 Å². The lowest BCUT2D eigenvalue weighted by Gasteiger charge is -2.09. The monoisotopic (exact) mass is 470 g/mol. The Balaban J connectivity index is 1.51. The van der Waals surface area contributed by atoms with Gasteiger partial charge in [0, 0.05) is 22.2 Å². The van der Waals surface area contributed by atoms with Crippen LogP contribution in [0.5, 0.6) is 5.75 Å². The van der Waals surface area contributed by atoms with Gasteiger partial charge in [0.1, 0.15) is 17.9 Å². The Kier molecular flexibility index (Phi) is 6.43. The molecule has 0 aliphatic heterocycles. The van der Waals surface area contributed by atoms with Gasteiger partial charge in [-0.05, 0) is 66.8 Å². The number of nitrogens with zero attached hydrogens (tertiary/aromatic N) is 3. The van der Waals surface area contributed by atoms with Crippen LogP contribution < -0.4 is 16.2 Å². The van der Waals surface area contributed by atoms with Crippen molar-refractivity contribution in [2.45, 2.75) is 44.7 Å². The largest absolute Gasteiger partial charge is 0.486 e. The van der Waals surface area contributed by atoms with Crippen LogP contribution in [0, 0.1) is 13.8 Å². The summed E-state index contributed by atoms with van der Waals surface area (Å²) in [7, 11) is 0. The first-order valence-electron chi connectivity index (χ1n) is 10.1. The third-order valence-corrected chi connectivity index (χ3v) is 6.38. The van der Waals surface area contributed by atoms with Crippen molar-refractivity contribution < 1.29 is 9.15 Å². The molecule has 0 fully saturated rings. The summed E-state index contributed by atoms with van der Waals surface area (Å²) in [4.78, 5) is 12.1. The van der Waals surface area contributed by atoms with Crippen LogP contribution in [-0.4, -0.2) is 14.9 Å². The second-order valence-electron chi connectivity index (χ2n) is 7.55. The van der Waals surface area contributed by atoms with Gasteiger partial charge in [0.05, 0.1) is 0 Å². The number of hydrogen-bond acceptors (Lipinski definition) is 7. The van der Waals surface area contributed by atoms with Gasteiger partial charge in [0.2, 0.25) is 5.16 Å². The molecule has 2 heterocycles. The fraction of sp³-hybridized carbons (Fsp3) is 0.261. The predicted octanol–water partition coefficient (Wildman–Crippen LogP) is 4.80. The fourth-order valence-corrected chi connectivity index (χ4v) is 4.65. The Morgan fingerprint density at radius 2 is 1.84 bits per heavy atom. The van der Waals surface area contributed by atoms with Gasteiger partial charge in [-0.2, -0.15) is 0 Å². The zero-order valence-electron chi connectivity index (χ0n) is 18.0. The summed E-state index contributed by atoms with van der Waals surface area (Å²) in [5.41, 5.74) is 4.08. The number of nitrogens with two attached hydrogens (primary N) is 1. The number of thioether (sulfide) groups is 1. The highest BCUT2D eigenvalue weighted by Crippen LogP contribution is 2.29. The predicted molar refractivity (Wildman–Crippen MR) is 127 cm³/mol. The molecule has 0 aliphatic rings. The second kappa shape index (κ2) is 9.26. The molecule has 0 atom stereocenters. The number of benzene rings is 2. The van der Waals surface area contributed by atoms with E-state index in [0.717, 1.165) is 39.8 Å². The van der Waals surface area contributed by atoms with Crippen LogP contribution in [0.2, 0.25) is 5.02 Å². The molecule has 0 aliphatic carbocycles. The lowest BCUT2D eigenvalue weighted by atomic mass is 10.1. The quantitative estimate of drug-likeness (QED) is 0.235. The number of halogens is 1. The Labute approximate surface area is 194 Å². The van der Waals surface area contributed by atoms with Gasteiger partial charge in [-0.3, -0.25) is 0 Å². The van der Waals surface area contributed by atoms with Crippen LogP contribution in [0.1, 0.15) is 35.0 Å². The van der Waals surface area contributed by atoms with Crippen molar-refractivity contribution in [2.75, 3.05) is 5.84 Å². The van der Waals surface area contributed by atoms with E-state index >= 15 is 0 Å². The maximum atomic E-state index is 12.1. The average molecular weight is 471 g/mol. The molecule has 0 saturated heterocycles. The molecule has 4 aromatic rings. The molecule has 0 saturated carbocycles. The maximum absolute atomic E-state index is 12.1. The Hall–Kier alpha value is -2.97. The molecular formula is C23H23ClN4O3S. The molecule has 0 spiro atoms. The van der Waals surface area contributed by atoms with Gasteiger partial charge in [0.15, 0.2) is 5.82 Å². The molecule has 2 aromatic carbocycles. The van der Waals surface area contributed by atoms with Crippen molar-refractivity contribution in [3.8, 4) is 5.75 Å². The van der Waals surface area contributed by atoms with E-state index in [4.69, 9.17) is 26.6 Å². The summed E-state index contributed by atoms with van der Waals surface area (Å²) in [5.74, 6) is 7.90. The first-order chi connectivity index (χ1) is 15.3. The van der Waals surface area contributed by atoms with E-state index in [-0.39, 0.29) is 6.61 Å². The highest BCUT2D eigenvalue weighted by Gasteiger charge is 2.14. The smallest absolute Gasteiger partial charge is 0.336 e. The first-order valence-corrected chi connectivity index (χ1v) is 11.5. The van der Waals surface area contributed by atoms with Crippen LogP contribution in [0.3, 0.4) is 0 Å². The SMILES string of the molecule is CCc1cc2oc(=O)cc(CSc3nnc(COc4cc(C)cc(C)c4)n3N)c2cc1Cl. The number of fused-ring (bicyclic) bond motifs is 1. The topological polar surface area (TPSA) is 96.2 Å². The maximum Gasteiger partial charge on any atom is 0.336 e. The Bertz CT molecular complexity index is 1330. The number of nitrogen functional groups attached to an aromatic ring is 1. The van der Waals surface area contributed by atoms with Crippen molar-refractivity contribution in [3.63, 3.8) is 0 Å².